The van der Waals surface area contributed by atoms with Gasteiger partial charge in [0, 0.05) is 12.1 Å². The molecule has 1 aromatic carbocycles. The molecule has 134 valence electrons. The maximum absolute atomic E-state index is 12.5. The summed E-state index contributed by atoms with van der Waals surface area (Å²) in [6, 6.07) is 7.35. The van der Waals surface area contributed by atoms with Crippen LogP contribution in [0.4, 0.5) is 4.79 Å². The van der Waals surface area contributed by atoms with E-state index in [2.05, 4.69) is 20.7 Å². The monoisotopic (exact) mass is 343 g/mol. The van der Waals surface area contributed by atoms with E-state index < -0.39 is 0 Å². The highest BCUT2D eigenvalue weighted by Gasteiger charge is 2.26. The van der Waals surface area contributed by atoms with Gasteiger partial charge in [-0.15, -0.1) is 0 Å². The lowest BCUT2D eigenvalue weighted by Gasteiger charge is -2.25. The quantitative estimate of drug-likeness (QED) is 0.875. The topological polar surface area (TPSA) is 81.1 Å². The van der Waals surface area contributed by atoms with Crippen LogP contribution >= 0.6 is 0 Å². The van der Waals surface area contributed by atoms with Gasteiger partial charge in [0.15, 0.2) is 0 Å². The lowest BCUT2D eigenvalue weighted by Crippen LogP contribution is -2.41. The van der Waals surface area contributed by atoms with Crippen molar-refractivity contribution in [3.05, 3.63) is 41.5 Å². The Balaban J connectivity index is 1.69. The number of aromatic nitrogens is 3. The first-order chi connectivity index (χ1) is 12.1. The predicted octanol–water partition coefficient (Wildman–Crippen LogP) is 2.88. The van der Waals surface area contributed by atoms with E-state index in [1.165, 1.54) is 0 Å². The third-order valence-electron chi connectivity index (χ3n) is 4.51. The summed E-state index contributed by atoms with van der Waals surface area (Å²) in [6.45, 7) is 4.77. The second-order valence-electron chi connectivity index (χ2n) is 6.26. The van der Waals surface area contributed by atoms with Crippen molar-refractivity contribution in [2.45, 2.75) is 51.7 Å². The average Bonchev–Trinajstić information content (AvgIpc) is 3.01. The fourth-order valence-electron chi connectivity index (χ4n) is 3.32. The van der Waals surface area contributed by atoms with Crippen molar-refractivity contribution in [1.82, 2.24) is 25.4 Å². The van der Waals surface area contributed by atoms with Crippen LogP contribution in [0.1, 0.15) is 55.5 Å². The molecule has 2 amide bonds. The fourth-order valence-corrected chi connectivity index (χ4v) is 3.32. The van der Waals surface area contributed by atoms with Crippen molar-refractivity contribution in [3.63, 3.8) is 0 Å². The van der Waals surface area contributed by atoms with Gasteiger partial charge >= 0.3 is 6.03 Å². The molecule has 2 atom stereocenters. The molecule has 1 aromatic heterocycles. The third kappa shape index (κ3) is 3.75. The van der Waals surface area contributed by atoms with Gasteiger partial charge in [-0.2, -0.15) is 5.10 Å². The van der Waals surface area contributed by atoms with Crippen molar-refractivity contribution in [3.8, 4) is 5.75 Å². The number of aryl methyl sites for hydroxylation is 2. The number of carbonyl (C=O) groups excluding carboxylic acids is 1. The second kappa shape index (κ2) is 7.55. The van der Waals surface area contributed by atoms with Crippen LogP contribution in [-0.4, -0.2) is 27.9 Å². The summed E-state index contributed by atoms with van der Waals surface area (Å²) in [5, 5.41) is 10.5. The minimum atomic E-state index is -0.197. The smallest absolute Gasteiger partial charge is 0.315 e. The molecule has 7 heteroatoms. The molecule has 0 fully saturated rings. The van der Waals surface area contributed by atoms with E-state index >= 15 is 0 Å². The molecule has 2 N–H and O–H groups in total. The number of fused-ring (bicyclic) bond motifs is 1. The standard InChI is InChI=1S/C18H25N5O2/c1-4-14(13-8-5-6-10-16(13)25-3)20-18(24)21-15-9-7-11-23-17(15)19-12(2)22-23/h5-6,8,10,14-15H,4,7,9,11H2,1-3H3,(H2,20,21,24)/t14-,15-/m1/s1. The van der Waals surface area contributed by atoms with Crippen LogP contribution in [0, 0.1) is 6.92 Å². The first-order valence-corrected chi connectivity index (χ1v) is 8.73. The molecular formula is C18H25N5O2. The Morgan fingerprint density at radius 2 is 2.24 bits per heavy atom. The summed E-state index contributed by atoms with van der Waals surface area (Å²) >= 11 is 0. The van der Waals surface area contributed by atoms with Crippen molar-refractivity contribution >= 4 is 6.03 Å². The Labute approximate surface area is 147 Å². The van der Waals surface area contributed by atoms with Gasteiger partial charge in [-0.3, -0.25) is 0 Å². The third-order valence-corrected chi connectivity index (χ3v) is 4.51. The maximum Gasteiger partial charge on any atom is 0.315 e. The molecule has 0 aliphatic carbocycles. The largest absolute Gasteiger partial charge is 0.496 e. The summed E-state index contributed by atoms with van der Waals surface area (Å²) < 4.78 is 7.31. The zero-order chi connectivity index (χ0) is 17.8. The number of methoxy groups -OCH3 is 1. The molecule has 25 heavy (non-hydrogen) atoms. The number of para-hydroxylation sites is 1. The lowest BCUT2D eigenvalue weighted by atomic mass is 10.0. The van der Waals surface area contributed by atoms with Crippen LogP contribution in [0.5, 0.6) is 5.75 Å². The van der Waals surface area contributed by atoms with E-state index in [0.717, 1.165) is 48.8 Å². The van der Waals surface area contributed by atoms with Crippen LogP contribution in [0.25, 0.3) is 0 Å². The molecule has 2 heterocycles. The summed E-state index contributed by atoms with van der Waals surface area (Å²) in [5.74, 6) is 2.36. The first-order valence-electron chi connectivity index (χ1n) is 8.73. The van der Waals surface area contributed by atoms with E-state index in [9.17, 15) is 4.79 Å². The lowest BCUT2D eigenvalue weighted by molar-refractivity contribution is 0.228. The molecule has 0 radical (unpaired) electrons. The molecule has 0 saturated carbocycles. The number of ether oxygens (including phenoxy) is 1. The number of nitrogens with zero attached hydrogens (tertiary/aromatic N) is 3. The molecule has 2 aromatic rings. The van der Waals surface area contributed by atoms with Crippen molar-refractivity contribution < 1.29 is 9.53 Å². The normalized spacial score (nSPS) is 17.5. The van der Waals surface area contributed by atoms with Crippen LogP contribution in [-0.2, 0) is 6.54 Å². The van der Waals surface area contributed by atoms with Gasteiger partial charge in [0.05, 0.1) is 19.2 Å². The molecule has 0 spiro atoms. The van der Waals surface area contributed by atoms with Crippen LogP contribution in [0.15, 0.2) is 24.3 Å². The Morgan fingerprint density at radius 1 is 1.44 bits per heavy atom. The van der Waals surface area contributed by atoms with Gasteiger partial charge in [0.25, 0.3) is 0 Å². The Bertz CT molecular complexity index is 743. The second-order valence-corrected chi connectivity index (χ2v) is 6.26. The summed E-state index contributed by atoms with van der Waals surface area (Å²) in [7, 11) is 1.64. The highest BCUT2D eigenvalue weighted by atomic mass is 16.5. The maximum atomic E-state index is 12.5. The van der Waals surface area contributed by atoms with Gasteiger partial charge in [-0.1, -0.05) is 25.1 Å². The number of rotatable bonds is 5. The van der Waals surface area contributed by atoms with Crippen molar-refractivity contribution in [1.29, 1.82) is 0 Å². The van der Waals surface area contributed by atoms with Crippen LogP contribution in [0.3, 0.4) is 0 Å². The molecule has 7 nitrogen and oxygen atoms in total. The Morgan fingerprint density at radius 3 is 3.00 bits per heavy atom. The van der Waals surface area contributed by atoms with Gasteiger partial charge in [-0.25, -0.2) is 14.5 Å². The van der Waals surface area contributed by atoms with Gasteiger partial charge in [0.1, 0.15) is 17.4 Å². The van der Waals surface area contributed by atoms with Gasteiger partial charge < -0.3 is 15.4 Å². The van der Waals surface area contributed by atoms with E-state index in [1.54, 1.807) is 7.11 Å². The highest BCUT2D eigenvalue weighted by Crippen LogP contribution is 2.27. The van der Waals surface area contributed by atoms with E-state index in [1.807, 2.05) is 42.8 Å². The van der Waals surface area contributed by atoms with E-state index in [-0.39, 0.29) is 18.1 Å². The number of benzene rings is 1. The molecule has 0 saturated heterocycles. The first kappa shape index (κ1) is 17.3. The number of hydrogen-bond donors (Lipinski definition) is 2. The molecule has 1 aliphatic heterocycles. The molecule has 3 rings (SSSR count). The molecule has 0 unspecified atom stereocenters. The van der Waals surface area contributed by atoms with Gasteiger partial charge in [-0.05, 0) is 32.3 Å². The predicted molar refractivity (Wildman–Crippen MR) is 94.4 cm³/mol. The fraction of sp³-hybridized carbons (Fsp3) is 0.500. The minimum Gasteiger partial charge on any atom is -0.496 e. The molecule has 1 aliphatic rings. The summed E-state index contributed by atoms with van der Waals surface area (Å²) in [4.78, 5) is 17.0. The van der Waals surface area contributed by atoms with Gasteiger partial charge in [0.2, 0.25) is 0 Å². The number of amides is 2. The highest BCUT2D eigenvalue weighted by molar-refractivity contribution is 5.75. The molecular weight excluding hydrogens is 318 g/mol. The van der Waals surface area contributed by atoms with Crippen molar-refractivity contribution in [2.24, 2.45) is 0 Å². The number of hydrogen-bond acceptors (Lipinski definition) is 4. The number of nitrogens with one attached hydrogen (secondary N) is 2. The molecule has 0 bridgehead atoms. The van der Waals surface area contributed by atoms with Crippen LogP contribution < -0.4 is 15.4 Å². The van der Waals surface area contributed by atoms with E-state index in [0.29, 0.717) is 0 Å². The van der Waals surface area contributed by atoms with E-state index in [4.69, 9.17) is 4.74 Å². The zero-order valence-electron chi connectivity index (χ0n) is 15.0. The number of carbonyl (C=O) groups is 1. The summed E-state index contributed by atoms with van der Waals surface area (Å²) in [5.41, 5.74) is 0.977. The number of urea groups is 1. The minimum absolute atomic E-state index is 0.106. The SMILES string of the molecule is CC[C@@H](NC(=O)N[C@@H]1CCCn2nc(C)nc21)c1ccccc1OC. The van der Waals surface area contributed by atoms with Crippen LogP contribution in [0.2, 0.25) is 0 Å². The zero-order valence-corrected chi connectivity index (χ0v) is 15.0. The summed E-state index contributed by atoms with van der Waals surface area (Å²) in [6.07, 6.45) is 2.62. The Kier molecular flexibility index (Phi) is 5.21. The average molecular weight is 343 g/mol. The van der Waals surface area contributed by atoms with Crippen molar-refractivity contribution in [2.75, 3.05) is 7.11 Å². The Hall–Kier alpha value is -2.57.